The number of carbonyl (C=O) groups is 2. The molecule has 0 fully saturated rings. The number of hydrogen-bond donors (Lipinski definition) is 0. The van der Waals surface area contributed by atoms with Gasteiger partial charge in [-0.1, -0.05) is 12.6 Å². The monoisotopic (exact) mass is 360 g/mol. The number of rotatable bonds is 5. The van der Waals surface area contributed by atoms with Gasteiger partial charge < -0.3 is 9.47 Å². The minimum absolute atomic E-state index is 0.0291. The van der Waals surface area contributed by atoms with Gasteiger partial charge in [0.1, 0.15) is 13.2 Å². The molecule has 4 nitrogen and oxygen atoms in total. The molecule has 18 heavy (non-hydrogen) atoms. The Kier molecular flexibility index (Phi) is 5.84. The molecule has 0 N–H and O–H groups in total. The first-order valence-corrected chi connectivity index (χ1v) is 6.34. The Bertz CT molecular complexity index is 468. The molecule has 0 aliphatic heterocycles. The van der Waals surface area contributed by atoms with Crippen LogP contribution in [-0.4, -0.2) is 25.2 Å². The van der Waals surface area contributed by atoms with E-state index in [1.54, 1.807) is 25.1 Å². The van der Waals surface area contributed by atoms with Crippen LogP contribution in [0.25, 0.3) is 0 Å². The van der Waals surface area contributed by atoms with Crippen molar-refractivity contribution in [3.05, 3.63) is 45.6 Å². The Labute approximate surface area is 119 Å². The maximum Gasteiger partial charge on any atom is 0.338 e. The van der Waals surface area contributed by atoms with E-state index in [0.717, 1.165) is 3.57 Å². The summed E-state index contributed by atoms with van der Waals surface area (Å²) in [5, 5.41) is 0. The van der Waals surface area contributed by atoms with Crippen LogP contribution in [0.3, 0.4) is 0 Å². The molecule has 0 unspecified atom stereocenters. The number of benzene rings is 1. The van der Waals surface area contributed by atoms with Gasteiger partial charge in [-0.05, 0) is 47.7 Å². The van der Waals surface area contributed by atoms with Crippen LogP contribution in [0.2, 0.25) is 0 Å². The van der Waals surface area contributed by atoms with Crippen molar-refractivity contribution >= 4 is 34.5 Å². The fourth-order valence-corrected chi connectivity index (χ4v) is 1.63. The van der Waals surface area contributed by atoms with Crippen LogP contribution in [0.15, 0.2) is 36.4 Å². The maximum atomic E-state index is 11.6. The topological polar surface area (TPSA) is 52.6 Å². The van der Waals surface area contributed by atoms with Gasteiger partial charge in [0.15, 0.2) is 0 Å². The molecule has 5 heteroatoms. The van der Waals surface area contributed by atoms with Crippen molar-refractivity contribution in [1.29, 1.82) is 0 Å². The zero-order valence-electron chi connectivity index (χ0n) is 9.94. The highest BCUT2D eigenvalue weighted by Gasteiger charge is 2.08. The van der Waals surface area contributed by atoms with Crippen LogP contribution in [0.4, 0.5) is 0 Å². The molecule has 0 aliphatic carbocycles. The Balaban J connectivity index is 2.34. The molecule has 0 aromatic heterocycles. The molecule has 0 aliphatic rings. The summed E-state index contributed by atoms with van der Waals surface area (Å²) in [6, 6.07) is 7.05. The molecular weight excluding hydrogens is 347 g/mol. The van der Waals surface area contributed by atoms with Crippen molar-refractivity contribution in [3.8, 4) is 0 Å². The van der Waals surface area contributed by atoms with E-state index in [2.05, 4.69) is 29.2 Å². The molecule has 0 saturated heterocycles. The van der Waals surface area contributed by atoms with Gasteiger partial charge in [0.05, 0.1) is 5.56 Å². The highest BCUT2D eigenvalue weighted by Crippen LogP contribution is 2.08. The van der Waals surface area contributed by atoms with Crippen LogP contribution >= 0.6 is 22.6 Å². The van der Waals surface area contributed by atoms with Gasteiger partial charge in [-0.25, -0.2) is 9.59 Å². The molecule has 0 atom stereocenters. The summed E-state index contributed by atoms with van der Waals surface area (Å²) in [6.45, 7) is 5.06. The van der Waals surface area contributed by atoms with Crippen LogP contribution in [0.1, 0.15) is 17.3 Å². The van der Waals surface area contributed by atoms with Gasteiger partial charge in [0.2, 0.25) is 0 Å². The van der Waals surface area contributed by atoms with Gasteiger partial charge in [0.25, 0.3) is 0 Å². The molecular formula is C13H13IO4. The zero-order valence-corrected chi connectivity index (χ0v) is 12.1. The summed E-state index contributed by atoms with van der Waals surface area (Å²) in [4.78, 5) is 22.6. The van der Waals surface area contributed by atoms with Crippen molar-refractivity contribution in [1.82, 2.24) is 0 Å². The maximum absolute atomic E-state index is 11.6. The smallest absolute Gasteiger partial charge is 0.338 e. The highest BCUT2D eigenvalue weighted by atomic mass is 127. The van der Waals surface area contributed by atoms with E-state index < -0.39 is 11.9 Å². The second-order valence-corrected chi connectivity index (χ2v) is 4.81. The average Bonchev–Trinajstić information content (AvgIpc) is 2.33. The molecule has 1 rings (SSSR count). The minimum atomic E-state index is -0.486. The lowest BCUT2D eigenvalue weighted by molar-refractivity contribution is -0.140. The minimum Gasteiger partial charge on any atom is -0.459 e. The molecule has 96 valence electrons. The van der Waals surface area contributed by atoms with Gasteiger partial charge in [-0.2, -0.15) is 0 Å². The molecule has 1 aromatic carbocycles. The van der Waals surface area contributed by atoms with E-state index in [4.69, 9.17) is 9.47 Å². The molecule has 0 saturated carbocycles. The third-order valence-electron chi connectivity index (χ3n) is 1.96. The first-order valence-electron chi connectivity index (χ1n) is 5.26. The number of ether oxygens (including phenoxy) is 2. The summed E-state index contributed by atoms with van der Waals surface area (Å²) >= 11 is 2.11. The largest absolute Gasteiger partial charge is 0.459 e. The Morgan fingerprint density at radius 3 is 2.56 bits per heavy atom. The van der Waals surface area contributed by atoms with E-state index in [9.17, 15) is 9.59 Å². The SMILES string of the molecule is C=C(C)C(=O)OCCOC(=O)c1cccc(I)c1. The number of hydrogen-bond acceptors (Lipinski definition) is 4. The third kappa shape index (κ3) is 4.87. The van der Waals surface area contributed by atoms with Crippen LogP contribution in [0.5, 0.6) is 0 Å². The van der Waals surface area contributed by atoms with Gasteiger partial charge in [0, 0.05) is 9.14 Å². The fourth-order valence-electron chi connectivity index (χ4n) is 1.09. The van der Waals surface area contributed by atoms with Crippen molar-refractivity contribution in [2.75, 3.05) is 13.2 Å². The van der Waals surface area contributed by atoms with Crippen LogP contribution in [0, 0.1) is 3.57 Å². The van der Waals surface area contributed by atoms with Crippen molar-refractivity contribution in [2.24, 2.45) is 0 Å². The summed E-state index contributed by atoms with van der Waals surface area (Å²) in [5.74, 6) is -0.916. The highest BCUT2D eigenvalue weighted by molar-refractivity contribution is 14.1. The Morgan fingerprint density at radius 2 is 1.94 bits per heavy atom. The van der Waals surface area contributed by atoms with Crippen molar-refractivity contribution < 1.29 is 19.1 Å². The zero-order chi connectivity index (χ0) is 13.5. The van der Waals surface area contributed by atoms with E-state index in [0.29, 0.717) is 11.1 Å². The Hall–Kier alpha value is -1.37. The quantitative estimate of drug-likeness (QED) is 0.351. The van der Waals surface area contributed by atoms with Gasteiger partial charge in [-0.3, -0.25) is 0 Å². The lowest BCUT2D eigenvalue weighted by Gasteiger charge is -2.06. The molecule has 0 heterocycles. The number of carbonyl (C=O) groups excluding carboxylic acids is 2. The summed E-state index contributed by atoms with van der Waals surface area (Å²) < 4.78 is 10.7. The fraction of sp³-hybridized carbons (Fsp3) is 0.231. The molecule has 0 amide bonds. The lowest BCUT2D eigenvalue weighted by Crippen LogP contribution is -2.14. The lowest BCUT2D eigenvalue weighted by atomic mass is 10.2. The van der Waals surface area contributed by atoms with E-state index in [1.807, 2.05) is 6.07 Å². The summed E-state index contributed by atoms with van der Waals surface area (Å²) in [6.07, 6.45) is 0. The Morgan fingerprint density at radius 1 is 1.28 bits per heavy atom. The second kappa shape index (κ2) is 7.15. The van der Waals surface area contributed by atoms with Gasteiger partial charge in [-0.15, -0.1) is 0 Å². The van der Waals surface area contributed by atoms with E-state index in [1.165, 1.54) is 0 Å². The molecule has 0 bridgehead atoms. The summed E-state index contributed by atoms with van der Waals surface area (Å²) in [7, 11) is 0. The van der Waals surface area contributed by atoms with E-state index in [-0.39, 0.29) is 13.2 Å². The first kappa shape index (κ1) is 14.7. The van der Waals surface area contributed by atoms with E-state index >= 15 is 0 Å². The summed E-state index contributed by atoms with van der Waals surface area (Å²) in [5.41, 5.74) is 0.798. The molecule has 0 radical (unpaired) electrons. The molecule has 0 spiro atoms. The average molecular weight is 360 g/mol. The van der Waals surface area contributed by atoms with Crippen molar-refractivity contribution in [2.45, 2.75) is 6.92 Å². The standard InChI is InChI=1S/C13H13IO4/c1-9(2)12(15)17-6-7-18-13(16)10-4-3-5-11(14)8-10/h3-5,8H,1,6-7H2,2H3. The number of esters is 2. The first-order chi connectivity index (χ1) is 8.50. The number of halogens is 1. The predicted octanol–water partition coefficient (Wildman–Crippen LogP) is 2.57. The molecule has 1 aromatic rings. The third-order valence-corrected chi connectivity index (χ3v) is 2.63. The van der Waals surface area contributed by atoms with Crippen molar-refractivity contribution in [3.63, 3.8) is 0 Å². The normalized spacial score (nSPS) is 9.67. The van der Waals surface area contributed by atoms with Crippen LogP contribution in [-0.2, 0) is 14.3 Å². The predicted molar refractivity (Wildman–Crippen MR) is 75.2 cm³/mol. The second-order valence-electron chi connectivity index (χ2n) is 3.56. The van der Waals surface area contributed by atoms with Crippen LogP contribution < -0.4 is 0 Å². The van der Waals surface area contributed by atoms with Gasteiger partial charge >= 0.3 is 11.9 Å².